The van der Waals surface area contributed by atoms with Gasteiger partial charge in [0.05, 0.1) is 16.6 Å². The predicted molar refractivity (Wildman–Crippen MR) is 139 cm³/mol. The number of aliphatic hydroxyl groups is 1. The first-order valence-corrected chi connectivity index (χ1v) is 13.2. The van der Waals surface area contributed by atoms with E-state index in [1.54, 1.807) is 69.9 Å². The summed E-state index contributed by atoms with van der Waals surface area (Å²) >= 11 is 7.71. The molecule has 2 bridgehead atoms. The Labute approximate surface area is 215 Å². The molecular weight excluding hydrogens is 486 g/mol. The number of thioether (sulfide) groups is 1. The lowest BCUT2D eigenvalue weighted by atomic mass is 9.70. The zero-order chi connectivity index (χ0) is 25.3. The summed E-state index contributed by atoms with van der Waals surface area (Å²) in [6.07, 6.45) is 5.18. The van der Waals surface area contributed by atoms with Gasteiger partial charge >= 0.3 is 0 Å². The summed E-state index contributed by atoms with van der Waals surface area (Å²) in [4.78, 5) is 46.4. The molecule has 3 aliphatic rings. The summed E-state index contributed by atoms with van der Waals surface area (Å²) < 4.78 is -0.671. The molecule has 5 atom stereocenters. The number of fused-ring (bicyclic) bond motifs is 1. The topological polar surface area (TPSA) is 81.2 Å². The number of halogens is 1. The molecule has 3 fully saturated rings. The fourth-order valence-electron chi connectivity index (χ4n) is 5.95. The smallest absolute Gasteiger partial charge is 0.251 e. The molecule has 0 saturated carbocycles. The van der Waals surface area contributed by atoms with Gasteiger partial charge in [0.15, 0.2) is 0 Å². The van der Waals surface area contributed by atoms with Crippen LogP contribution in [0.3, 0.4) is 0 Å². The Balaban J connectivity index is 1.75. The van der Waals surface area contributed by atoms with Gasteiger partial charge in [-0.25, -0.2) is 0 Å². The molecule has 4 rings (SSSR count). The SMILES string of the molecule is C=CCN(C)C(=O)[C@@H]1[C@@H]2CCC3(S2)C(C(=O)N(CC=C)c2ccc(Cl)cc2)N(CCCO)C(=O)[C@H]13. The van der Waals surface area contributed by atoms with Crippen LogP contribution in [-0.2, 0) is 14.4 Å². The monoisotopic (exact) mass is 517 g/mol. The van der Waals surface area contributed by atoms with E-state index in [0.29, 0.717) is 30.1 Å². The Bertz CT molecular complexity index is 1020. The van der Waals surface area contributed by atoms with Crippen molar-refractivity contribution in [3.05, 3.63) is 54.6 Å². The maximum Gasteiger partial charge on any atom is 0.251 e. The van der Waals surface area contributed by atoms with E-state index in [0.717, 1.165) is 6.42 Å². The number of anilines is 1. The molecule has 3 amide bonds. The summed E-state index contributed by atoms with van der Waals surface area (Å²) in [6.45, 7) is 8.41. The minimum Gasteiger partial charge on any atom is -0.396 e. The van der Waals surface area contributed by atoms with Crippen molar-refractivity contribution < 1.29 is 19.5 Å². The molecule has 3 aliphatic heterocycles. The van der Waals surface area contributed by atoms with Crippen LogP contribution in [0.1, 0.15) is 19.3 Å². The Kier molecular flexibility index (Phi) is 7.64. The number of hydrogen-bond donors (Lipinski definition) is 1. The van der Waals surface area contributed by atoms with Crippen LogP contribution >= 0.6 is 23.4 Å². The fourth-order valence-corrected chi connectivity index (χ4v) is 8.29. The molecule has 0 aromatic heterocycles. The maximum absolute atomic E-state index is 14.2. The molecule has 7 nitrogen and oxygen atoms in total. The molecule has 3 heterocycles. The number of carbonyl (C=O) groups excluding carboxylic acids is 3. The van der Waals surface area contributed by atoms with Gasteiger partial charge in [-0.05, 0) is 43.5 Å². The molecule has 1 aromatic carbocycles. The van der Waals surface area contributed by atoms with Gasteiger partial charge in [-0.1, -0.05) is 23.8 Å². The molecule has 0 aliphatic carbocycles. The van der Waals surface area contributed by atoms with E-state index < -0.39 is 22.6 Å². The van der Waals surface area contributed by atoms with Crippen molar-refractivity contribution in [1.29, 1.82) is 0 Å². The average molecular weight is 518 g/mol. The van der Waals surface area contributed by atoms with Crippen LogP contribution in [0.5, 0.6) is 0 Å². The van der Waals surface area contributed by atoms with Crippen molar-refractivity contribution in [3.63, 3.8) is 0 Å². The molecule has 35 heavy (non-hydrogen) atoms. The number of rotatable bonds is 10. The largest absolute Gasteiger partial charge is 0.396 e. The molecule has 0 radical (unpaired) electrons. The van der Waals surface area contributed by atoms with E-state index >= 15 is 0 Å². The van der Waals surface area contributed by atoms with E-state index in [1.807, 2.05) is 0 Å². The van der Waals surface area contributed by atoms with Crippen LogP contribution in [0.15, 0.2) is 49.6 Å². The van der Waals surface area contributed by atoms with Gasteiger partial charge in [0.1, 0.15) is 6.04 Å². The second-order valence-electron chi connectivity index (χ2n) is 9.39. The first-order valence-electron chi connectivity index (χ1n) is 11.9. The van der Waals surface area contributed by atoms with E-state index in [1.165, 1.54) is 0 Å². The van der Waals surface area contributed by atoms with Crippen molar-refractivity contribution in [2.45, 2.75) is 35.3 Å². The Hall–Kier alpha value is -2.29. The second kappa shape index (κ2) is 10.4. The number of likely N-dealkylation sites (N-methyl/N-ethyl adjacent to an activating group) is 1. The first-order chi connectivity index (χ1) is 16.8. The molecule has 3 saturated heterocycles. The molecule has 188 valence electrons. The Morgan fingerprint density at radius 1 is 1.23 bits per heavy atom. The van der Waals surface area contributed by atoms with E-state index in [2.05, 4.69) is 13.2 Å². The predicted octanol–water partition coefficient (Wildman–Crippen LogP) is 2.98. The van der Waals surface area contributed by atoms with Crippen molar-refractivity contribution in [2.75, 3.05) is 38.2 Å². The normalized spacial score (nSPS) is 28.7. The van der Waals surface area contributed by atoms with Gasteiger partial charge in [0.2, 0.25) is 11.8 Å². The van der Waals surface area contributed by atoms with Crippen LogP contribution in [0.25, 0.3) is 0 Å². The summed E-state index contributed by atoms with van der Waals surface area (Å²) in [5.41, 5.74) is 0.671. The highest BCUT2D eigenvalue weighted by Crippen LogP contribution is 2.66. The Morgan fingerprint density at radius 3 is 2.54 bits per heavy atom. The van der Waals surface area contributed by atoms with Crippen LogP contribution < -0.4 is 4.90 Å². The highest BCUT2D eigenvalue weighted by Gasteiger charge is 2.73. The minimum atomic E-state index is -0.723. The van der Waals surface area contributed by atoms with E-state index in [-0.39, 0.29) is 42.7 Å². The molecule has 2 unspecified atom stereocenters. The number of hydrogen-bond acceptors (Lipinski definition) is 5. The highest BCUT2D eigenvalue weighted by molar-refractivity contribution is 8.02. The number of carbonyl (C=O) groups is 3. The van der Waals surface area contributed by atoms with Crippen molar-refractivity contribution in [3.8, 4) is 0 Å². The molecular formula is C26H32ClN3O4S. The van der Waals surface area contributed by atoms with Crippen molar-refractivity contribution >= 4 is 46.8 Å². The van der Waals surface area contributed by atoms with Gasteiger partial charge in [-0.3, -0.25) is 14.4 Å². The summed E-state index contributed by atoms with van der Waals surface area (Å²) in [6, 6.07) is 6.29. The van der Waals surface area contributed by atoms with E-state index in [9.17, 15) is 19.5 Å². The lowest BCUT2D eigenvalue weighted by Crippen LogP contribution is -2.55. The average Bonchev–Trinajstić information content (AvgIpc) is 3.48. The van der Waals surface area contributed by atoms with Gasteiger partial charge in [-0.15, -0.1) is 24.9 Å². The summed E-state index contributed by atoms with van der Waals surface area (Å²) in [5, 5.41) is 10.1. The van der Waals surface area contributed by atoms with Crippen molar-refractivity contribution in [1.82, 2.24) is 9.80 Å². The third-order valence-corrected chi connectivity index (χ3v) is 9.58. The number of aliphatic hydroxyl groups excluding tert-OH is 1. The number of nitrogens with zero attached hydrogens (tertiary/aromatic N) is 3. The van der Waals surface area contributed by atoms with E-state index in [4.69, 9.17) is 11.6 Å². The van der Waals surface area contributed by atoms with Gasteiger partial charge in [0, 0.05) is 49.2 Å². The number of amides is 3. The lowest BCUT2D eigenvalue weighted by molar-refractivity contribution is -0.143. The van der Waals surface area contributed by atoms with Crippen LogP contribution in [-0.4, -0.2) is 82.0 Å². The zero-order valence-corrected chi connectivity index (χ0v) is 21.5. The second-order valence-corrected chi connectivity index (χ2v) is 11.4. The first kappa shape index (κ1) is 25.8. The zero-order valence-electron chi connectivity index (χ0n) is 19.9. The van der Waals surface area contributed by atoms with Crippen LogP contribution in [0.2, 0.25) is 5.02 Å². The van der Waals surface area contributed by atoms with Gasteiger partial charge in [0.25, 0.3) is 5.91 Å². The van der Waals surface area contributed by atoms with Crippen LogP contribution in [0, 0.1) is 11.8 Å². The molecule has 1 aromatic rings. The number of likely N-dealkylation sites (tertiary alicyclic amines) is 1. The molecule has 1 N–H and O–H groups in total. The van der Waals surface area contributed by atoms with Crippen molar-refractivity contribution in [2.24, 2.45) is 11.8 Å². The quantitative estimate of drug-likeness (QED) is 0.483. The van der Waals surface area contributed by atoms with Gasteiger partial charge in [-0.2, -0.15) is 0 Å². The Morgan fingerprint density at radius 2 is 1.91 bits per heavy atom. The van der Waals surface area contributed by atoms with Gasteiger partial charge < -0.3 is 19.8 Å². The molecule has 1 spiro atoms. The minimum absolute atomic E-state index is 0.00222. The summed E-state index contributed by atoms with van der Waals surface area (Å²) in [5.74, 6) is -1.45. The van der Waals surface area contributed by atoms with Crippen LogP contribution in [0.4, 0.5) is 5.69 Å². The lowest BCUT2D eigenvalue weighted by Gasteiger charge is -2.37. The third kappa shape index (κ3) is 4.30. The fraction of sp³-hybridized carbons (Fsp3) is 0.500. The highest BCUT2D eigenvalue weighted by atomic mass is 35.5. The summed E-state index contributed by atoms with van der Waals surface area (Å²) in [7, 11) is 1.73. The number of benzene rings is 1. The third-order valence-electron chi connectivity index (χ3n) is 7.37. The standard InChI is InChI=1S/C26H32ClN3O4S/c1-4-13-28(3)23(32)20-19-11-12-26(35-19)21(20)24(33)30(15-6-16-31)22(26)25(34)29(14-5-2)18-9-7-17(27)8-10-18/h4-5,7-10,19-22,31H,1-2,6,11-16H2,3H3/t19-,20+,21-,22?,26?/m0/s1. The maximum atomic E-state index is 14.2. The molecule has 9 heteroatoms.